The second kappa shape index (κ2) is 7.75. The Morgan fingerprint density at radius 1 is 1.04 bits per heavy atom. The fourth-order valence-corrected chi connectivity index (χ4v) is 4.19. The van der Waals surface area contributed by atoms with E-state index < -0.39 is 0 Å². The summed E-state index contributed by atoms with van der Waals surface area (Å²) in [7, 11) is 4.01. The van der Waals surface area contributed by atoms with Gasteiger partial charge in [0.05, 0.1) is 7.11 Å². The maximum Gasteiger partial charge on any atom is 0.123 e. The monoisotopic (exact) mass is 331 g/mol. The molecule has 2 aliphatic heterocycles. The van der Waals surface area contributed by atoms with Crippen molar-refractivity contribution in [3.8, 4) is 5.75 Å². The second-order valence-corrected chi connectivity index (χ2v) is 7.36. The molecule has 1 aromatic rings. The quantitative estimate of drug-likeness (QED) is 0.844. The van der Waals surface area contributed by atoms with Gasteiger partial charge < -0.3 is 14.5 Å². The van der Waals surface area contributed by atoms with E-state index in [0.29, 0.717) is 0 Å². The molecule has 4 nitrogen and oxygen atoms in total. The summed E-state index contributed by atoms with van der Waals surface area (Å²) < 4.78 is 5.56. The SMILES string of the molecule is CCc1cc(C)c(OC)cc1N1CCC(N2CCN(C)CC2)CC1. The Morgan fingerprint density at radius 2 is 1.71 bits per heavy atom. The number of rotatable bonds is 4. The van der Waals surface area contributed by atoms with E-state index in [-0.39, 0.29) is 0 Å². The van der Waals surface area contributed by atoms with Gasteiger partial charge in [-0.05, 0) is 44.4 Å². The highest BCUT2D eigenvalue weighted by Gasteiger charge is 2.27. The van der Waals surface area contributed by atoms with E-state index in [1.807, 2.05) is 0 Å². The molecule has 0 aliphatic carbocycles. The van der Waals surface area contributed by atoms with Gasteiger partial charge in [-0.3, -0.25) is 4.90 Å². The molecule has 1 aromatic carbocycles. The lowest BCUT2D eigenvalue weighted by molar-refractivity contribution is 0.0982. The van der Waals surface area contributed by atoms with Gasteiger partial charge in [0.2, 0.25) is 0 Å². The number of hydrogen-bond acceptors (Lipinski definition) is 4. The smallest absolute Gasteiger partial charge is 0.123 e. The molecule has 0 spiro atoms. The van der Waals surface area contributed by atoms with Crippen LogP contribution in [-0.4, -0.2) is 69.3 Å². The largest absolute Gasteiger partial charge is 0.496 e. The molecule has 134 valence electrons. The van der Waals surface area contributed by atoms with Crippen molar-refractivity contribution >= 4 is 5.69 Å². The van der Waals surface area contributed by atoms with E-state index in [9.17, 15) is 0 Å². The number of hydrogen-bond donors (Lipinski definition) is 0. The van der Waals surface area contributed by atoms with E-state index >= 15 is 0 Å². The summed E-state index contributed by atoms with van der Waals surface area (Å²) in [5, 5.41) is 0. The summed E-state index contributed by atoms with van der Waals surface area (Å²) in [5.41, 5.74) is 4.08. The maximum atomic E-state index is 5.56. The predicted molar refractivity (Wildman–Crippen MR) is 101 cm³/mol. The van der Waals surface area contributed by atoms with Gasteiger partial charge in [0.25, 0.3) is 0 Å². The molecular weight excluding hydrogens is 298 g/mol. The summed E-state index contributed by atoms with van der Waals surface area (Å²) in [6, 6.07) is 5.33. The summed E-state index contributed by atoms with van der Waals surface area (Å²) >= 11 is 0. The number of aryl methyl sites for hydroxylation is 2. The number of anilines is 1. The lowest BCUT2D eigenvalue weighted by Gasteiger charge is -2.43. The summed E-state index contributed by atoms with van der Waals surface area (Å²) in [6.07, 6.45) is 3.64. The predicted octanol–water partition coefficient (Wildman–Crippen LogP) is 2.78. The zero-order valence-electron chi connectivity index (χ0n) is 15.8. The van der Waals surface area contributed by atoms with Crippen LogP contribution in [0.15, 0.2) is 12.1 Å². The number of piperazine rings is 1. The Morgan fingerprint density at radius 3 is 2.29 bits per heavy atom. The number of nitrogens with zero attached hydrogens (tertiary/aromatic N) is 3. The van der Waals surface area contributed by atoms with Gasteiger partial charge >= 0.3 is 0 Å². The fraction of sp³-hybridized carbons (Fsp3) is 0.700. The number of benzene rings is 1. The van der Waals surface area contributed by atoms with Crippen molar-refractivity contribution in [2.75, 3.05) is 58.3 Å². The third-order valence-electron chi connectivity index (χ3n) is 5.84. The minimum absolute atomic E-state index is 0.771. The summed E-state index contributed by atoms with van der Waals surface area (Å²) in [6.45, 7) is 11.6. The highest BCUT2D eigenvalue weighted by Crippen LogP contribution is 2.32. The van der Waals surface area contributed by atoms with E-state index in [2.05, 4.69) is 47.7 Å². The third-order valence-corrected chi connectivity index (χ3v) is 5.84. The van der Waals surface area contributed by atoms with Crippen molar-refractivity contribution in [2.24, 2.45) is 0 Å². The van der Waals surface area contributed by atoms with Crippen molar-refractivity contribution in [3.63, 3.8) is 0 Å². The van der Waals surface area contributed by atoms with Crippen LogP contribution >= 0.6 is 0 Å². The topological polar surface area (TPSA) is 19.0 Å². The van der Waals surface area contributed by atoms with Crippen LogP contribution in [-0.2, 0) is 6.42 Å². The van der Waals surface area contributed by atoms with Gasteiger partial charge in [0.1, 0.15) is 5.75 Å². The van der Waals surface area contributed by atoms with Crippen LogP contribution in [0.3, 0.4) is 0 Å². The Bertz CT molecular complexity index is 544. The molecule has 2 heterocycles. The molecular formula is C20H33N3O. The first-order valence-corrected chi connectivity index (χ1v) is 9.47. The number of piperidine rings is 1. The highest BCUT2D eigenvalue weighted by molar-refractivity contribution is 5.60. The van der Waals surface area contributed by atoms with Gasteiger partial charge in [-0.1, -0.05) is 13.0 Å². The summed E-state index contributed by atoms with van der Waals surface area (Å²) in [4.78, 5) is 7.74. The molecule has 0 atom stereocenters. The second-order valence-electron chi connectivity index (χ2n) is 7.36. The first kappa shape index (κ1) is 17.6. The molecule has 0 N–H and O–H groups in total. The highest BCUT2D eigenvalue weighted by atomic mass is 16.5. The van der Waals surface area contributed by atoms with Gasteiger partial charge in [-0.2, -0.15) is 0 Å². The molecule has 4 heteroatoms. The Balaban J connectivity index is 1.66. The normalized spacial score (nSPS) is 21.2. The van der Waals surface area contributed by atoms with Crippen LogP contribution in [0.25, 0.3) is 0 Å². The minimum Gasteiger partial charge on any atom is -0.496 e. The van der Waals surface area contributed by atoms with E-state index in [0.717, 1.165) is 31.3 Å². The molecule has 0 radical (unpaired) electrons. The van der Waals surface area contributed by atoms with Gasteiger partial charge in [-0.25, -0.2) is 0 Å². The average molecular weight is 332 g/mol. The van der Waals surface area contributed by atoms with E-state index in [4.69, 9.17) is 4.74 Å². The van der Waals surface area contributed by atoms with Crippen LogP contribution < -0.4 is 9.64 Å². The first-order valence-electron chi connectivity index (χ1n) is 9.47. The van der Waals surface area contributed by atoms with Gasteiger partial charge in [0, 0.05) is 57.1 Å². The maximum absolute atomic E-state index is 5.56. The minimum atomic E-state index is 0.771. The van der Waals surface area contributed by atoms with Crippen molar-refractivity contribution in [1.82, 2.24) is 9.80 Å². The molecule has 2 fully saturated rings. The molecule has 0 aromatic heterocycles. The van der Waals surface area contributed by atoms with E-state index in [1.165, 1.54) is 55.8 Å². The standard InChI is InChI=1S/C20H33N3O/c1-5-17-14-16(2)20(24-4)15-19(17)23-8-6-18(7-9-23)22-12-10-21(3)11-13-22/h14-15,18H,5-13H2,1-4H3. The van der Waals surface area contributed by atoms with E-state index in [1.54, 1.807) is 7.11 Å². The van der Waals surface area contributed by atoms with Crippen molar-refractivity contribution < 1.29 is 4.74 Å². The van der Waals surface area contributed by atoms with Crippen LogP contribution in [0.1, 0.15) is 30.9 Å². The van der Waals surface area contributed by atoms with Gasteiger partial charge in [0.15, 0.2) is 0 Å². The van der Waals surface area contributed by atoms with Gasteiger partial charge in [-0.15, -0.1) is 0 Å². The Hall–Kier alpha value is -1.26. The zero-order valence-corrected chi connectivity index (χ0v) is 15.8. The van der Waals surface area contributed by atoms with Crippen molar-refractivity contribution in [1.29, 1.82) is 0 Å². The van der Waals surface area contributed by atoms with Crippen molar-refractivity contribution in [2.45, 2.75) is 39.2 Å². The molecule has 2 saturated heterocycles. The molecule has 0 amide bonds. The molecule has 2 aliphatic rings. The Kier molecular flexibility index (Phi) is 5.67. The number of likely N-dealkylation sites (N-methyl/N-ethyl adjacent to an activating group) is 1. The molecule has 24 heavy (non-hydrogen) atoms. The van der Waals surface area contributed by atoms with Crippen molar-refractivity contribution in [3.05, 3.63) is 23.3 Å². The molecule has 0 unspecified atom stereocenters. The molecule has 0 saturated carbocycles. The third kappa shape index (κ3) is 3.70. The zero-order chi connectivity index (χ0) is 17.1. The summed E-state index contributed by atoms with van der Waals surface area (Å²) in [5.74, 6) is 1.02. The lowest BCUT2D eigenvalue weighted by atomic mass is 9.99. The Labute approximate surface area is 147 Å². The lowest BCUT2D eigenvalue weighted by Crippen LogP contribution is -2.52. The fourth-order valence-electron chi connectivity index (χ4n) is 4.19. The van der Waals surface area contributed by atoms with Crippen LogP contribution in [0, 0.1) is 6.92 Å². The molecule has 3 rings (SSSR count). The average Bonchev–Trinajstić information content (AvgIpc) is 2.62. The van der Waals surface area contributed by atoms with Crippen LogP contribution in [0.5, 0.6) is 5.75 Å². The molecule has 0 bridgehead atoms. The number of ether oxygens (including phenoxy) is 1. The first-order chi connectivity index (χ1) is 11.6. The van der Waals surface area contributed by atoms with Crippen LogP contribution in [0.2, 0.25) is 0 Å². The number of methoxy groups -OCH3 is 1. The van der Waals surface area contributed by atoms with Crippen LogP contribution in [0.4, 0.5) is 5.69 Å².